The molecule has 9 heteroatoms. The Morgan fingerprint density at radius 3 is 2.63 bits per heavy atom. The van der Waals surface area contributed by atoms with Gasteiger partial charge in [-0.2, -0.15) is 5.10 Å². The van der Waals surface area contributed by atoms with Crippen LogP contribution in [0.5, 0.6) is 5.75 Å². The molecule has 1 aromatic heterocycles. The fraction of sp³-hybridized carbons (Fsp3) is 0.143. The van der Waals surface area contributed by atoms with Crippen molar-refractivity contribution in [3.05, 3.63) is 78.0 Å². The number of nitrogens with zero attached hydrogens (tertiary/aromatic N) is 2. The second-order valence-electron chi connectivity index (χ2n) is 6.30. The minimum Gasteiger partial charge on any atom is -0.495 e. The van der Waals surface area contributed by atoms with Crippen molar-refractivity contribution < 1.29 is 17.9 Å². The van der Waals surface area contributed by atoms with Gasteiger partial charge in [0.05, 0.1) is 19.9 Å². The maximum atomic E-state index is 12.4. The number of hydrogen-bond acceptors (Lipinski definition) is 5. The second kappa shape index (κ2) is 9.38. The Morgan fingerprint density at radius 2 is 1.93 bits per heavy atom. The molecule has 8 nitrogen and oxygen atoms in total. The number of hydrogen-bond donors (Lipinski definition) is 2. The number of anilines is 1. The van der Waals surface area contributed by atoms with Crippen LogP contribution in [-0.2, 0) is 21.4 Å². The summed E-state index contributed by atoms with van der Waals surface area (Å²) in [4.78, 5) is 12.4. The predicted molar refractivity (Wildman–Crippen MR) is 115 cm³/mol. The van der Waals surface area contributed by atoms with E-state index in [9.17, 15) is 13.2 Å². The lowest BCUT2D eigenvalue weighted by Crippen LogP contribution is -2.19. The summed E-state index contributed by atoms with van der Waals surface area (Å²) in [5.74, 6) is 0.413. The van der Waals surface area contributed by atoms with E-state index in [0.29, 0.717) is 17.9 Å². The average Bonchev–Trinajstić information content (AvgIpc) is 3.19. The van der Waals surface area contributed by atoms with Gasteiger partial charge in [-0.05, 0) is 36.4 Å². The van der Waals surface area contributed by atoms with Gasteiger partial charge in [-0.15, -0.1) is 0 Å². The van der Waals surface area contributed by atoms with Crippen molar-refractivity contribution in [3.63, 3.8) is 0 Å². The third-order valence-corrected chi connectivity index (χ3v) is 5.75. The number of sulfonamides is 1. The number of nitrogens with one attached hydrogen (secondary N) is 2. The Balaban J connectivity index is 1.73. The molecule has 1 amide bonds. The number of amides is 1. The van der Waals surface area contributed by atoms with Crippen LogP contribution in [0, 0.1) is 0 Å². The highest BCUT2D eigenvalue weighted by atomic mass is 32.2. The van der Waals surface area contributed by atoms with Crippen molar-refractivity contribution >= 4 is 27.8 Å². The van der Waals surface area contributed by atoms with Gasteiger partial charge in [-0.1, -0.05) is 36.4 Å². The van der Waals surface area contributed by atoms with Gasteiger partial charge in [0.25, 0.3) is 0 Å². The lowest BCUT2D eigenvalue weighted by molar-refractivity contribution is -0.111. The molecule has 0 saturated carbocycles. The molecule has 1 heterocycles. The molecule has 0 saturated heterocycles. The molecule has 0 spiro atoms. The third kappa shape index (κ3) is 5.13. The highest BCUT2D eigenvalue weighted by Crippen LogP contribution is 2.25. The van der Waals surface area contributed by atoms with Crippen LogP contribution in [0.3, 0.4) is 0 Å². The molecular formula is C21H22N4O4S. The number of ether oxygens (including phenoxy) is 1. The van der Waals surface area contributed by atoms with Gasteiger partial charge in [0, 0.05) is 12.1 Å². The quantitative estimate of drug-likeness (QED) is 0.539. The van der Waals surface area contributed by atoms with Crippen LogP contribution in [0.2, 0.25) is 0 Å². The third-order valence-electron chi connectivity index (χ3n) is 4.32. The number of methoxy groups -OCH3 is 1. The summed E-state index contributed by atoms with van der Waals surface area (Å²) in [5, 5.41) is 7.02. The summed E-state index contributed by atoms with van der Waals surface area (Å²) >= 11 is 0. The Labute approximate surface area is 175 Å². The van der Waals surface area contributed by atoms with Gasteiger partial charge in [0.1, 0.15) is 16.5 Å². The second-order valence-corrected chi connectivity index (χ2v) is 8.16. The van der Waals surface area contributed by atoms with Crippen molar-refractivity contribution in [3.8, 4) is 5.75 Å². The molecule has 0 radical (unpaired) electrons. The maximum Gasteiger partial charge on any atom is 0.249 e. The molecule has 0 aliphatic heterocycles. The molecule has 2 aromatic carbocycles. The number of rotatable bonds is 8. The van der Waals surface area contributed by atoms with Crippen molar-refractivity contribution in [2.45, 2.75) is 11.4 Å². The van der Waals surface area contributed by atoms with Crippen LogP contribution < -0.4 is 14.8 Å². The molecule has 2 N–H and O–H groups in total. The van der Waals surface area contributed by atoms with E-state index in [1.54, 1.807) is 23.0 Å². The summed E-state index contributed by atoms with van der Waals surface area (Å²) in [6, 6.07) is 16.1. The average molecular weight is 426 g/mol. The SMILES string of the molecule is CNS(=O)(=O)c1cc(/C=C/C(=O)Nc2ccnn2Cc2ccccc2)ccc1OC. The van der Waals surface area contributed by atoms with E-state index in [1.807, 2.05) is 30.3 Å². The molecule has 30 heavy (non-hydrogen) atoms. The Hall–Kier alpha value is -3.43. The monoisotopic (exact) mass is 426 g/mol. The van der Waals surface area contributed by atoms with Crippen LogP contribution in [-0.4, -0.2) is 38.3 Å². The molecule has 3 rings (SSSR count). The summed E-state index contributed by atoms with van der Waals surface area (Å²) < 4.78 is 33.4. The van der Waals surface area contributed by atoms with Crippen LogP contribution in [0.15, 0.2) is 71.8 Å². The first kappa shape index (κ1) is 21.3. The molecule has 0 atom stereocenters. The number of benzene rings is 2. The molecule has 3 aromatic rings. The van der Waals surface area contributed by atoms with Crippen molar-refractivity contribution in [2.75, 3.05) is 19.5 Å². The van der Waals surface area contributed by atoms with E-state index < -0.39 is 10.0 Å². The number of carbonyl (C=O) groups excluding carboxylic acids is 1. The first-order chi connectivity index (χ1) is 14.4. The van der Waals surface area contributed by atoms with E-state index in [2.05, 4.69) is 15.1 Å². The van der Waals surface area contributed by atoms with Crippen LogP contribution in [0.1, 0.15) is 11.1 Å². The van der Waals surface area contributed by atoms with Gasteiger partial charge in [0.2, 0.25) is 15.9 Å². The lowest BCUT2D eigenvalue weighted by atomic mass is 10.2. The van der Waals surface area contributed by atoms with Gasteiger partial charge >= 0.3 is 0 Å². The number of carbonyl (C=O) groups is 1. The topological polar surface area (TPSA) is 102 Å². The zero-order chi connectivity index (χ0) is 21.6. The largest absolute Gasteiger partial charge is 0.495 e. The van der Waals surface area contributed by atoms with Crippen molar-refractivity contribution in [2.24, 2.45) is 0 Å². The Kier molecular flexibility index (Phi) is 6.65. The van der Waals surface area contributed by atoms with E-state index >= 15 is 0 Å². The highest BCUT2D eigenvalue weighted by Gasteiger charge is 2.17. The molecule has 156 valence electrons. The van der Waals surface area contributed by atoms with Gasteiger partial charge in [-0.3, -0.25) is 4.79 Å². The zero-order valence-corrected chi connectivity index (χ0v) is 17.4. The lowest BCUT2D eigenvalue weighted by Gasteiger charge is -2.09. The fourth-order valence-electron chi connectivity index (χ4n) is 2.78. The highest BCUT2D eigenvalue weighted by molar-refractivity contribution is 7.89. The van der Waals surface area contributed by atoms with Crippen LogP contribution in [0.4, 0.5) is 5.82 Å². The molecule has 0 fully saturated rings. The Morgan fingerprint density at radius 1 is 1.17 bits per heavy atom. The molecular weight excluding hydrogens is 404 g/mol. The van der Waals surface area contributed by atoms with E-state index in [4.69, 9.17) is 4.74 Å². The molecule has 0 aliphatic carbocycles. The summed E-state index contributed by atoms with van der Waals surface area (Å²) in [6.45, 7) is 0.525. The summed E-state index contributed by atoms with van der Waals surface area (Å²) in [7, 11) is -0.982. The van der Waals surface area contributed by atoms with Gasteiger partial charge < -0.3 is 10.1 Å². The molecule has 0 aliphatic rings. The van der Waals surface area contributed by atoms with E-state index in [1.165, 1.54) is 38.4 Å². The van der Waals surface area contributed by atoms with Crippen molar-refractivity contribution in [1.82, 2.24) is 14.5 Å². The minimum atomic E-state index is -3.70. The minimum absolute atomic E-state index is 0.00371. The molecule has 0 unspecified atom stereocenters. The smallest absolute Gasteiger partial charge is 0.249 e. The van der Waals surface area contributed by atoms with Crippen LogP contribution in [0.25, 0.3) is 6.08 Å². The van der Waals surface area contributed by atoms with Crippen LogP contribution >= 0.6 is 0 Å². The van der Waals surface area contributed by atoms with E-state index in [0.717, 1.165) is 5.56 Å². The van der Waals surface area contributed by atoms with Gasteiger partial charge in [-0.25, -0.2) is 17.8 Å². The Bertz CT molecular complexity index is 1150. The zero-order valence-electron chi connectivity index (χ0n) is 16.6. The number of aromatic nitrogens is 2. The predicted octanol–water partition coefficient (Wildman–Crippen LogP) is 2.50. The van der Waals surface area contributed by atoms with Crippen molar-refractivity contribution in [1.29, 1.82) is 0 Å². The first-order valence-electron chi connectivity index (χ1n) is 9.09. The summed E-state index contributed by atoms with van der Waals surface area (Å²) in [5.41, 5.74) is 1.60. The summed E-state index contributed by atoms with van der Waals surface area (Å²) in [6.07, 6.45) is 4.47. The van der Waals surface area contributed by atoms with Gasteiger partial charge in [0.15, 0.2) is 0 Å². The first-order valence-corrected chi connectivity index (χ1v) is 10.6. The molecule has 0 bridgehead atoms. The maximum absolute atomic E-state index is 12.4. The standard InChI is InChI=1S/C21H22N4O4S/c1-22-30(27,28)19-14-16(8-10-18(19)29-2)9-11-21(26)24-20-12-13-23-25(20)15-17-6-4-3-5-7-17/h3-14,22H,15H2,1-2H3,(H,24,26)/b11-9+. The van der Waals surface area contributed by atoms with E-state index in [-0.39, 0.29) is 16.6 Å². The normalized spacial score (nSPS) is 11.5. The fourth-order valence-corrected chi connectivity index (χ4v) is 3.71.